The van der Waals surface area contributed by atoms with Crippen molar-refractivity contribution < 1.29 is 14.3 Å². The molecule has 1 saturated heterocycles. The summed E-state index contributed by atoms with van der Waals surface area (Å²) in [5.74, 6) is 0.657. The van der Waals surface area contributed by atoms with Gasteiger partial charge in [-0.3, -0.25) is 9.59 Å². The molecule has 1 fully saturated rings. The van der Waals surface area contributed by atoms with Gasteiger partial charge >= 0.3 is 0 Å². The Morgan fingerprint density at radius 1 is 0.968 bits per heavy atom. The summed E-state index contributed by atoms with van der Waals surface area (Å²) in [4.78, 5) is 26.8. The standard InChI is InChI=1S/C25H33N3O3/c1-2-3-4-7-16-31-23-13-9-11-21(18-23)26-19-24(29)27-22-12-8-10-20(17-22)25(30)28-14-5-6-15-28/h8-13,17-18,26H,2-7,14-16,19H2,1H3,(H,27,29). The highest BCUT2D eigenvalue weighted by Gasteiger charge is 2.19. The molecule has 6 nitrogen and oxygen atoms in total. The highest BCUT2D eigenvalue weighted by molar-refractivity contribution is 5.98. The summed E-state index contributed by atoms with van der Waals surface area (Å²) in [5.41, 5.74) is 2.07. The van der Waals surface area contributed by atoms with Gasteiger partial charge in [-0.05, 0) is 49.6 Å². The second kappa shape index (κ2) is 12.0. The van der Waals surface area contributed by atoms with Gasteiger partial charge in [-0.2, -0.15) is 0 Å². The quantitative estimate of drug-likeness (QED) is 0.503. The fraction of sp³-hybridized carbons (Fsp3) is 0.440. The van der Waals surface area contributed by atoms with E-state index >= 15 is 0 Å². The first-order valence-electron chi connectivity index (χ1n) is 11.3. The van der Waals surface area contributed by atoms with Gasteiger partial charge in [0.05, 0.1) is 13.2 Å². The number of amides is 2. The molecule has 0 saturated carbocycles. The number of hydrogen-bond donors (Lipinski definition) is 2. The second-order valence-corrected chi connectivity index (χ2v) is 7.92. The molecule has 2 amide bonds. The lowest BCUT2D eigenvalue weighted by atomic mass is 10.1. The zero-order chi connectivity index (χ0) is 21.9. The Labute approximate surface area is 185 Å². The summed E-state index contributed by atoms with van der Waals surface area (Å²) < 4.78 is 5.80. The molecule has 0 aliphatic carbocycles. The van der Waals surface area contributed by atoms with E-state index in [0.717, 1.165) is 43.8 Å². The van der Waals surface area contributed by atoms with Crippen molar-refractivity contribution in [2.45, 2.75) is 45.4 Å². The summed E-state index contributed by atoms with van der Waals surface area (Å²) >= 11 is 0. The highest BCUT2D eigenvalue weighted by atomic mass is 16.5. The lowest BCUT2D eigenvalue weighted by Crippen LogP contribution is -2.27. The number of anilines is 2. The Morgan fingerprint density at radius 3 is 2.55 bits per heavy atom. The number of carbonyl (C=O) groups excluding carboxylic acids is 2. The average Bonchev–Trinajstić information content (AvgIpc) is 3.32. The average molecular weight is 424 g/mol. The van der Waals surface area contributed by atoms with E-state index in [9.17, 15) is 9.59 Å². The first kappa shape index (κ1) is 22.7. The van der Waals surface area contributed by atoms with Gasteiger partial charge < -0.3 is 20.3 Å². The SMILES string of the molecule is CCCCCCOc1cccc(NCC(=O)Nc2cccc(C(=O)N3CCCC3)c2)c1. The minimum atomic E-state index is -0.170. The van der Waals surface area contributed by atoms with Crippen molar-refractivity contribution in [2.24, 2.45) is 0 Å². The molecule has 1 aliphatic rings. The van der Waals surface area contributed by atoms with Crippen LogP contribution in [0.25, 0.3) is 0 Å². The molecule has 0 unspecified atom stereocenters. The number of hydrogen-bond acceptors (Lipinski definition) is 4. The number of nitrogens with one attached hydrogen (secondary N) is 2. The van der Waals surface area contributed by atoms with E-state index in [1.165, 1.54) is 19.3 Å². The van der Waals surface area contributed by atoms with Gasteiger partial charge in [0.2, 0.25) is 5.91 Å². The van der Waals surface area contributed by atoms with Gasteiger partial charge in [-0.1, -0.05) is 38.3 Å². The third-order valence-electron chi connectivity index (χ3n) is 5.34. The van der Waals surface area contributed by atoms with Crippen LogP contribution < -0.4 is 15.4 Å². The molecule has 31 heavy (non-hydrogen) atoms. The van der Waals surface area contributed by atoms with Crippen molar-refractivity contribution in [3.8, 4) is 5.75 Å². The predicted molar refractivity (Wildman–Crippen MR) is 125 cm³/mol. The number of unbranched alkanes of at least 4 members (excludes halogenated alkanes) is 3. The summed E-state index contributed by atoms with van der Waals surface area (Å²) in [6.07, 6.45) is 6.78. The zero-order valence-corrected chi connectivity index (χ0v) is 18.4. The van der Waals surface area contributed by atoms with Crippen LogP contribution in [0.15, 0.2) is 48.5 Å². The molecule has 0 aromatic heterocycles. The molecule has 6 heteroatoms. The van der Waals surface area contributed by atoms with Crippen LogP contribution in [0.3, 0.4) is 0 Å². The Bertz CT molecular complexity index is 863. The van der Waals surface area contributed by atoms with Crippen LogP contribution >= 0.6 is 0 Å². The molecule has 0 spiro atoms. The van der Waals surface area contributed by atoms with Crippen molar-refractivity contribution in [3.05, 3.63) is 54.1 Å². The molecular formula is C25H33N3O3. The third kappa shape index (κ3) is 7.31. The summed E-state index contributed by atoms with van der Waals surface area (Å²) in [5, 5.41) is 5.99. The van der Waals surface area contributed by atoms with Gasteiger partial charge in [0.1, 0.15) is 5.75 Å². The molecule has 2 N–H and O–H groups in total. The number of likely N-dealkylation sites (tertiary alicyclic amines) is 1. The largest absolute Gasteiger partial charge is 0.494 e. The van der Waals surface area contributed by atoms with Gasteiger partial charge in [-0.15, -0.1) is 0 Å². The number of nitrogens with zero attached hydrogens (tertiary/aromatic N) is 1. The van der Waals surface area contributed by atoms with Crippen LogP contribution in [0.5, 0.6) is 5.75 Å². The first-order valence-corrected chi connectivity index (χ1v) is 11.3. The maximum absolute atomic E-state index is 12.5. The minimum Gasteiger partial charge on any atom is -0.494 e. The molecular weight excluding hydrogens is 390 g/mol. The van der Waals surface area contributed by atoms with E-state index in [-0.39, 0.29) is 18.4 Å². The third-order valence-corrected chi connectivity index (χ3v) is 5.34. The summed E-state index contributed by atoms with van der Waals surface area (Å²) in [6, 6.07) is 14.8. The van der Waals surface area contributed by atoms with Crippen LogP contribution in [0, 0.1) is 0 Å². The van der Waals surface area contributed by atoms with Gasteiger partial charge in [-0.25, -0.2) is 0 Å². The van der Waals surface area contributed by atoms with Crippen molar-refractivity contribution in [1.82, 2.24) is 4.90 Å². The summed E-state index contributed by atoms with van der Waals surface area (Å²) in [7, 11) is 0. The number of rotatable bonds is 11. The fourth-order valence-corrected chi connectivity index (χ4v) is 3.64. The van der Waals surface area contributed by atoms with E-state index in [0.29, 0.717) is 17.9 Å². The highest BCUT2D eigenvalue weighted by Crippen LogP contribution is 2.19. The van der Waals surface area contributed by atoms with Crippen molar-refractivity contribution in [3.63, 3.8) is 0 Å². The number of carbonyl (C=O) groups is 2. The van der Waals surface area contributed by atoms with E-state index in [1.54, 1.807) is 24.3 Å². The van der Waals surface area contributed by atoms with Crippen molar-refractivity contribution >= 4 is 23.2 Å². The van der Waals surface area contributed by atoms with Crippen molar-refractivity contribution in [2.75, 3.05) is 36.9 Å². The molecule has 0 bridgehead atoms. The maximum Gasteiger partial charge on any atom is 0.253 e. The minimum absolute atomic E-state index is 0.0261. The smallest absolute Gasteiger partial charge is 0.253 e. The summed E-state index contributed by atoms with van der Waals surface area (Å²) in [6.45, 7) is 4.64. The van der Waals surface area contributed by atoms with Crippen LogP contribution in [0.1, 0.15) is 55.8 Å². The lowest BCUT2D eigenvalue weighted by molar-refractivity contribution is -0.114. The van der Waals surface area contributed by atoms with Crippen LogP contribution in [-0.4, -0.2) is 43.0 Å². The van der Waals surface area contributed by atoms with Crippen LogP contribution in [-0.2, 0) is 4.79 Å². The molecule has 3 rings (SSSR count). The van der Waals surface area contributed by atoms with E-state index in [1.807, 2.05) is 29.2 Å². The normalized spacial score (nSPS) is 13.1. The van der Waals surface area contributed by atoms with Crippen LogP contribution in [0.2, 0.25) is 0 Å². The fourth-order valence-electron chi connectivity index (χ4n) is 3.64. The van der Waals surface area contributed by atoms with E-state index in [2.05, 4.69) is 17.6 Å². The number of ether oxygens (including phenoxy) is 1. The van der Waals surface area contributed by atoms with Gasteiger partial charge in [0, 0.05) is 36.1 Å². The van der Waals surface area contributed by atoms with E-state index < -0.39 is 0 Å². The molecule has 2 aromatic rings. The van der Waals surface area contributed by atoms with Gasteiger partial charge in [0.25, 0.3) is 5.91 Å². The Hall–Kier alpha value is -3.02. The molecule has 0 radical (unpaired) electrons. The van der Waals surface area contributed by atoms with E-state index in [4.69, 9.17) is 4.74 Å². The zero-order valence-electron chi connectivity index (χ0n) is 18.4. The Kier molecular flexibility index (Phi) is 8.76. The Balaban J connectivity index is 1.46. The van der Waals surface area contributed by atoms with Gasteiger partial charge in [0.15, 0.2) is 0 Å². The second-order valence-electron chi connectivity index (χ2n) is 7.92. The monoisotopic (exact) mass is 423 g/mol. The maximum atomic E-state index is 12.5. The lowest BCUT2D eigenvalue weighted by Gasteiger charge is -2.16. The predicted octanol–water partition coefficient (Wildman–Crippen LogP) is 4.93. The molecule has 2 aromatic carbocycles. The number of benzene rings is 2. The van der Waals surface area contributed by atoms with Crippen molar-refractivity contribution in [1.29, 1.82) is 0 Å². The molecule has 166 valence electrons. The first-order chi connectivity index (χ1) is 15.2. The molecule has 0 atom stereocenters. The molecule has 1 aliphatic heterocycles. The molecule has 1 heterocycles. The topological polar surface area (TPSA) is 70.7 Å². The van der Waals surface area contributed by atoms with Crippen LogP contribution in [0.4, 0.5) is 11.4 Å². The Morgan fingerprint density at radius 2 is 1.74 bits per heavy atom.